The van der Waals surface area contributed by atoms with Crippen molar-refractivity contribution in [2.75, 3.05) is 19.7 Å². The van der Waals surface area contributed by atoms with Gasteiger partial charge in [0.15, 0.2) is 6.61 Å². The molecular formula is C16H22N2O3. The van der Waals surface area contributed by atoms with Crippen molar-refractivity contribution in [2.45, 2.75) is 32.7 Å². The molecular weight excluding hydrogens is 268 g/mol. The van der Waals surface area contributed by atoms with Gasteiger partial charge in [0.05, 0.1) is 0 Å². The number of carbonyl (C=O) groups is 2. The molecule has 1 atom stereocenters. The minimum Gasteiger partial charge on any atom is -0.484 e. The highest BCUT2D eigenvalue weighted by atomic mass is 16.5. The molecule has 1 saturated heterocycles. The zero-order chi connectivity index (χ0) is 15.2. The zero-order valence-corrected chi connectivity index (χ0v) is 12.6. The van der Waals surface area contributed by atoms with E-state index in [0.717, 1.165) is 31.5 Å². The standard InChI is InChI=1S/C16H22N2O3/c1-12-5-7-14(8-6-12)21-11-15(19)17-13(2)16(20)18-9-3-4-10-18/h5-8,13H,3-4,9-11H2,1-2H3,(H,17,19)/t13-/m0/s1. The number of amides is 2. The van der Waals surface area contributed by atoms with Crippen LogP contribution in [-0.4, -0.2) is 42.5 Å². The summed E-state index contributed by atoms with van der Waals surface area (Å²) in [6.07, 6.45) is 2.09. The molecule has 0 bridgehead atoms. The molecule has 1 aromatic rings. The number of rotatable bonds is 5. The van der Waals surface area contributed by atoms with Gasteiger partial charge in [-0.1, -0.05) is 17.7 Å². The number of hydrogen-bond donors (Lipinski definition) is 1. The van der Waals surface area contributed by atoms with Gasteiger partial charge in [0.2, 0.25) is 5.91 Å². The number of carbonyl (C=O) groups excluding carboxylic acids is 2. The Hall–Kier alpha value is -2.04. The predicted molar refractivity (Wildman–Crippen MR) is 80.1 cm³/mol. The highest BCUT2D eigenvalue weighted by Gasteiger charge is 2.24. The highest BCUT2D eigenvalue weighted by molar-refractivity contribution is 5.88. The number of aryl methyl sites for hydroxylation is 1. The van der Waals surface area contributed by atoms with Gasteiger partial charge in [-0.15, -0.1) is 0 Å². The molecule has 1 heterocycles. The summed E-state index contributed by atoms with van der Waals surface area (Å²) in [6.45, 7) is 5.20. The van der Waals surface area contributed by atoms with E-state index in [4.69, 9.17) is 4.74 Å². The molecule has 0 unspecified atom stereocenters. The summed E-state index contributed by atoms with van der Waals surface area (Å²) in [5.74, 6) is 0.348. The van der Waals surface area contributed by atoms with Gasteiger partial charge in [-0.3, -0.25) is 9.59 Å². The molecule has 1 aromatic carbocycles. The molecule has 2 amide bonds. The number of ether oxygens (including phenoxy) is 1. The molecule has 2 rings (SSSR count). The van der Waals surface area contributed by atoms with Gasteiger partial charge >= 0.3 is 0 Å². The van der Waals surface area contributed by atoms with E-state index < -0.39 is 6.04 Å². The van der Waals surface area contributed by atoms with E-state index in [1.54, 1.807) is 11.8 Å². The fourth-order valence-corrected chi connectivity index (χ4v) is 2.34. The van der Waals surface area contributed by atoms with Crippen LogP contribution in [-0.2, 0) is 9.59 Å². The van der Waals surface area contributed by atoms with Crippen LogP contribution in [0.25, 0.3) is 0 Å². The summed E-state index contributed by atoms with van der Waals surface area (Å²) in [6, 6.07) is 6.99. The summed E-state index contributed by atoms with van der Waals surface area (Å²) in [7, 11) is 0. The summed E-state index contributed by atoms with van der Waals surface area (Å²) in [5.41, 5.74) is 1.14. The van der Waals surface area contributed by atoms with E-state index in [1.807, 2.05) is 31.2 Å². The van der Waals surface area contributed by atoms with E-state index in [1.165, 1.54) is 0 Å². The lowest BCUT2D eigenvalue weighted by molar-refractivity contribution is -0.135. The highest BCUT2D eigenvalue weighted by Crippen LogP contribution is 2.11. The van der Waals surface area contributed by atoms with Crippen molar-refractivity contribution in [3.05, 3.63) is 29.8 Å². The maximum absolute atomic E-state index is 12.1. The molecule has 5 heteroatoms. The monoisotopic (exact) mass is 290 g/mol. The number of nitrogens with zero attached hydrogens (tertiary/aromatic N) is 1. The van der Waals surface area contributed by atoms with E-state index in [9.17, 15) is 9.59 Å². The Bertz CT molecular complexity index is 493. The largest absolute Gasteiger partial charge is 0.484 e. The van der Waals surface area contributed by atoms with E-state index in [2.05, 4.69) is 5.32 Å². The van der Waals surface area contributed by atoms with Gasteiger partial charge in [0, 0.05) is 13.1 Å². The van der Waals surface area contributed by atoms with Gasteiger partial charge in [-0.2, -0.15) is 0 Å². The second-order valence-electron chi connectivity index (χ2n) is 5.42. The van der Waals surface area contributed by atoms with Crippen molar-refractivity contribution in [2.24, 2.45) is 0 Å². The van der Waals surface area contributed by atoms with Gasteiger partial charge < -0.3 is 15.0 Å². The zero-order valence-electron chi connectivity index (χ0n) is 12.6. The van der Waals surface area contributed by atoms with Crippen LogP contribution in [0.2, 0.25) is 0 Å². The van der Waals surface area contributed by atoms with Crippen molar-refractivity contribution in [1.82, 2.24) is 10.2 Å². The van der Waals surface area contributed by atoms with Crippen LogP contribution in [0.1, 0.15) is 25.3 Å². The first-order valence-corrected chi connectivity index (χ1v) is 7.34. The van der Waals surface area contributed by atoms with Crippen molar-refractivity contribution < 1.29 is 14.3 Å². The average molecular weight is 290 g/mol. The minimum absolute atomic E-state index is 0.0174. The van der Waals surface area contributed by atoms with Crippen molar-refractivity contribution in [3.63, 3.8) is 0 Å². The minimum atomic E-state index is -0.503. The molecule has 1 aliphatic heterocycles. The van der Waals surface area contributed by atoms with Gasteiger partial charge in [0.25, 0.3) is 5.91 Å². The van der Waals surface area contributed by atoms with Crippen LogP contribution in [0.4, 0.5) is 0 Å². The van der Waals surface area contributed by atoms with Crippen LogP contribution in [0.15, 0.2) is 24.3 Å². The van der Waals surface area contributed by atoms with Gasteiger partial charge in [-0.05, 0) is 38.8 Å². The van der Waals surface area contributed by atoms with Gasteiger partial charge in [0.1, 0.15) is 11.8 Å². The van der Waals surface area contributed by atoms with E-state index >= 15 is 0 Å². The third-order valence-electron chi connectivity index (χ3n) is 3.56. The Morgan fingerprint density at radius 2 is 1.86 bits per heavy atom. The molecule has 0 aromatic heterocycles. The molecule has 1 N–H and O–H groups in total. The Labute approximate surface area is 125 Å². The fourth-order valence-electron chi connectivity index (χ4n) is 2.34. The first kappa shape index (κ1) is 15.4. The Morgan fingerprint density at radius 1 is 1.24 bits per heavy atom. The normalized spacial score (nSPS) is 15.6. The van der Waals surface area contributed by atoms with Crippen molar-refractivity contribution in [3.8, 4) is 5.75 Å². The smallest absolute Gasteiger partial charge is 0.258 e. The third kappa shape index (κ3) is 4.48. The van der Waals surface area contributed by atoms with Crippen LogP contribution >= 0.6 is 0 Å². The lowest BCUT2D eigenvalue weighted by atomic mass is 10.2. The quantitative estimate of drug-likeness (QED) is 0.894. The molecule has 21 heavy (non-hydrogen) atoms. The number of benzene rings is 1. The topological polar surface area (TPSA) is 58.6 Å². The number of likely N-dealkylation sites (tertiary alicyclic amines) is 1. The average Bonchev–Trinajstić information content (AvgIpc) is 3.00. The number of hydrogen-bond acceptors (Lipinski definition) is 3. The molecule has 1 aliphatic rings. The van der Waals surface area contributed by atoms with Crippen LogP contribution in [0.3, 0.4) is 0 Å². The maximum Gasteiger partial charge on any atom is 0.258 e. The lowest BCUT2D eigenvalue weighted by Crippen LogP contribution is -2.47. The molecule has 0 aliphatic carbocycles. The molecule has 0 radical (unpaired) electrons. The van der Waals surface area contributed by atoms with E-state index in [-0.39, 0.29) is 18.4 Å². The summed E-state index contributed by atoms with van der Waals surface area (Å²) in [4.78, 5) is 25.7. The molecule has 114 valence electrons. The van der Waals surface area contributed by atoms with E-state index in [0.29, 0.717) is 5.75 Å². The third-order valence-corrected chi connectivity index (χ3v) is 3.56. The first-order valence-electron chi connectivity index (χ1n) is 7.34. The van der Waals surface area contributed by atoms with Crippen molar-refractivity contribution in [1.29, 1.82) is 0 Å². The maximum atomic E-state index is 12.1. The molecule has 0 spiro atoms. The fraction of sp³-hybridized carbons (Fsp3) is 0.500. The Kier molecular flexibility index (Phi) is 5.20. The Morgan fingerprint density at radius 3 is 2.48 bits per heavy atom. The predicted octanol–water partition coefficient (Wildman–Crippen LogP) is 1.50. The van der Waals surface area contributed by atoms with Crippen molar-refractivity contribution >= 4 is 11.8 Å². The second kappa shape index (κ2) is 7.11. The molecule has 5 nitrogen and oxygen atoms in total. The summed E-state index contributed by atoms with van der Waals surface area (Å²) >= 11 is 0. The van der Waals surface area contributed by atoms with Crippen LogP contribution in [0, 0.1) is 6.92 Å². The van der Waals surface area contributed by atoms with Crippen LogP contribution in [0.5, 0.6) is 5.75 Å². The Balaban J connectivity index is 1.75. The number of nitrogens with one attached hydrogen (secondary N) is 1. The van der Waals surface area contributed by atoms with Gasteiger partial charge in [-0.25, -0.2) is 0 Å². The molecule has 1 fully saturated rings. The first-order chi connectivity index (χ1) is 10.1. The molecule has 0 saturated carbocycles. The summed E-state index contributed by atoms with van der Waals surface area (Å²) in [5, 5.41) is 2.68. The summed E-state index contributed by atoms with van der Waals surface area (Å²) < 4.78 is 5.39. The second-order valence-corrected chi connectivity index (χ2v) is 5.42. The lowest BCUT2D eigenvalue weighted by Gasteiger charge is -2.21. The van der Waals surface area contributed by atoms with Crippen LogP contribution < -0.4 is 10.1 Å². The SMILES string of the molecule is Cc1ccc(OCC(=O)N[C@@H](C)C(=O)N2CCCC2)cc1.